The highest BCUT2D eigenvalue weighted by atomic mass is 16.6. The van der Waals surface area contributed by atoms with E-state index in [1.807, 2.05) is 57.2 Å². The van der Waals surface area contributed by atoms with Crippen LogP contribution in [0.3, 0.4) is 0 Å². The minimum atomic E-state index is -1.93. The molecule has 0 aliphatic rings. The van der Waals surface area contributed by atoms with Crippen LogP contribution in [0.15, 0.2) is 84.4 Å². The SMILES string of the molecule is CCCC[C@](C(=O)N[C@@H](CC(C)C)[C@@H](O)C=C(CO)CCO)(c1cccc2ccccc12)N(C(=O)OCc1ccccc1)C(=O)[C@H](C)N. The molecule has 0 fully saturated rings. The number of fused-ring (bicyclic) bond motifs is 1. The third-order valence-corrected chi connectivity index (χ3v) is 8.38. The van der Waals surface area contributed by atoms with Gasteiger partial charge in [0.05, 0.1) is 24.8 Å². The van der Waals surface area contributed by atoms with E-state index in [0.29, 0.717) is 41.3 Å². The number of nitrogens with zero attached hydrogens (tertiary/aromatic N) is 1. The van der Waals surface area contributed by atoms with Gasteiger partial charge in [0.15, 0.2) is 5.54 Å². The number of rotatable bonds is 17. The second kappa shape index (κ2) is 18.5. The van der Waals surface area contributed by atoms with Crippen LogP contribution in [0.5, 0.6) is 0 Å². The Kier molecular flexibility index (Phi) is 14.7. The van der Waals surface area contributed by atoms with Crippen LogP contribution >= 0.6 is 0 Å². The zero-order valence-electron chi connectivity index (χ0n) is 28.5. The number of nitrogens with two attached hydrogens (primary N) is 1. The molecule has 0 spiro atoms. The van der Waals surface area contributed by atoms with E-state index in [2.05, 4.69) is 5.32 Å². The molecule has 10 nitrogen and oxygen atoms in total. The summed E-state index contributed by atoms with van der Waals surface area (Å²) in [6.07, 6.45) is 0.796. The van der Waals surface area contributed by atoms with Crippen molar-refractivity contribution in [3.63, 3.8) is 0 Å². The molecule has 260 valence electrons. The van der Waals surface area contributed by atoms with Gasteiger partial charge >= 0.3 is 6.09 Å². The number of hydrogen-bond donors (Lipinski definition) is 5. The summed E-state index contributed by atoms with van der Waals surface area (Å²) in [6.45, 7) is 6.55. The van der Waals surface area contributed by atoms with E-state index in [1.165, 1.54) is 13.0 Å². The molecule has 0 aromatic heterocycles. The maximum atomic E-state index is 15.2. The average Bonchev–Trinajstić information content (AvgIpc) is 3.08. The summed E-state index contributed by atoms with van der Waals surface area (Å²) in [5.41, 5.74) is 5.79. The Morgan fingerprint density at radius 2 is 1.65 bits per heavy atom. The summed E-state index contributed by atoms with van der Waals surface area (Å²) >= 11 is 0. The van der Waals surface area contributed by atoms with Crippen LogP contribution in [-0.2, 0) is 26.5 Å². The van der Waals surface area contributed by atoms with Gasteiger partial charge < -0.3 is 31.1 Å². The first-order valence-corrected chi connectivity index (χ1v) is 16.7. The number of imide groups is 1. The molecule has 0 saturated carbocycles. The van der Waals surface area contributed by atoms with Crippen LogP contribution in [-0.4, -0.2) is 69.5 Å². The van der Waals surface area contributed by atoms with Gasteiger partial charge in [-0.2, -0.15) is 0 Å². The number of ether oxygens (including phenoxy) is 1. The van der Waals surface area contributed by atoms with E-state index >= 15 is 4.79 Å². The predicted octanol–water partition coefficient (Wildman–Crippen LogP) is 4.93. The molecule has 0 heterocycles. The fourth-order valence-electron chi connectivity index (χ4n) is 5.94. The topological polar surface area (TPSA) is 162 Å². The lowest BCUT2D eigenvalue weighted by Crippen LogP contribution is -2.64. The molecule has 0 saturated heterocycles. The van der Waals surface area contributed by atoms with Gasteiger partial charge in [0.2, 0.25) is 5.91 Å². The first-order chi connectivity index (χ1) is 23.0. The molecule has 0 unspecified atom stereocenters. The summed E-state index contributed by atoms with van der Waals surface area (Å²) in [5.74, 6) is -1.45. The molecule has 0 aliphatic heterocycles. The van der Waals surface area contributed by atoms with Crippen LogP contribution in [0.4, 0.5) is 4.79 Å². The van der Waals surface area contributed by atoms with Crippen molar-refractivity contribution in [3.05, 3.63) is 95.6 Å². The molecule has 0 bridgehead atoms. The molecule has 48 heavy (non-hydrogen) atoms. The molecular weight excluding hydrogens is 610 g/mol. The zero-order valence-corrected chi connectivity index (χ0v) is 28.5. The number of benzene rings is 3. The molecule has 4 atom stereocenters. The normalized spacial score (nSPS) is 15.0. The number of nitrogens with one attached hydrogen (secondary N) is 1. The highest BCUT2D eigenvalue weighted by molar-refractivity contribution is 6.05. The number of aliphatic hydroxyl groups is 3. The predicted molar refractivity (Wildman–Crippen MR) is 187 cm³/mol. The Morgan fingerprint density at radius 3 is 2.27 bits per heavy atom. The molecule has 0 radical (unpaired) electrons. The summed E-state index contributed by atoms with van der Waals surface area (Å²) in [4.78, 5) is 44.5. The second-order valence-corrected chi connectivity index (χ2v) is 12.6. The molecule has 0 aliphatic carbocycles. The standard InChI is InChI=1S/C38H51N3O7/c1-5-6-20-38(32-18-12-16-30-15-10-11-17-31(30)32,36(46)40-33(22-26(2)3)34(44)23-29(24-43)19-21-42)41(35(45)27(4)39)37(47)48-25-28-13-8-7-9-14-28/h7-18,23,26-27,33-34,42-44H,5-6,19-22,24-25,39H2,1-4H3,(H,40,46)/t27-,33-,34-,38+/m0/s1. The number of amides is 3. The summed E-state index contributed by atoms with van der Waals surface area (Å²) in [6, 6.07) is 19.8. The van der Waals surface area contributed by atoms with Crippen LogP contribution in [0.1, 0.15) is 70.9 Å². The second-order valence-electron chi connectivity index (χ2n) is 12.6. The van der Waals surface area contributed by atoms with Gasteiger partial charge in [-0.25, -0.2) is 9.69 Å². The minimum Gasteiger partial charge on any atom is -0.444 e. The van der Waals surface area contributed by atoms with Gasteiger partial charge in [0.1, 0.15) is 6.61 Å². The van der Waals surface area contributed by atoms with E-state index in [4.69, 9.17) is 10.5 Å². The van der Waals surface area contributed by atoms with Crippen molar-refractivity contribution in [1.82, 2.24) is 10.2 Å². The lowest BCUT2D eigenvalue weighted by molar-refractivity contribution is -0.148. The molecule has 10 heteroatoms. The highest BCUT2D eigenvalue weighted by Crippen LogP contribution is 2.40. The third-order valence-electron chi connectivity index (χ3n) is 8.38. The van der Waals surface area contributed by atoms with Gasteiger partial charge in [-0.15, -0.1) is 0 Å². The molecule has 3 aromatic carbocycles. The fourth-order valence-corrected chi connectivity index (χ4v) is 5.94. The van der Waals surface area contributed by atoms with Gasteiger partial charge in [-0.05, 0) is 59.6 Å². The molecule has 6 N–H and O–H groups in total. The Balaban J connectivity index is 2.30. The quantitative estimate of drug-likeness (QED) is 0.127. The van der Waals surface area contributed by atoms with Crippen molar-refractivity contribution in [2.45, 2.75) is 90.1 Å². The first kappa shape index (κ1) is 38.4. The molecular formula is C38H51N3O7. The van der Waals surface area contributed by atoms with E-state index in [0.717, 1.165) is 10.3 Å². The van der Waals surface area contributed by atoms with Crippen molar-refractivity contribution in [2.75, 3.05) is 13.2 Å². The van der Waals surface area contributed by atoms with Crippen molar-refractivity contribution in [3.8, 4) is 0 Å². The van der Waals surface area contributed by atoms with Crippen molar-refractivity contribution in [2.24, 2.45) is 11.7 Å². The maximum absolute atomic E-state index is 15.2. The molecule has 3 amide bonds. The average molecular weight is 662 g/mol. The first-order valence-electron chi connectivity index (χ1n) is 16.7. The monoisotopic (exact) mass is 661 g/mol. The minimum absolute atomic E-state index is 0.0222. The smallest absolute Gasteiger partial charge is 0.418 e. The summed E-state index contributed by atoms with van der Waals surface area (Å²) < 4.78 is 5.76. The Labute approximate surface area is 283 Å². The number of hydrogen-bond acceptors (Lipinski definition) is 8. The van der Waals surface area contributed by atoms with Crippen LogP contribution in [0, 0.1) is 5.92 Å². The number of carbonyl (C=O) groups is 3. The van der Waals surface area contributed by atoms with E-state index in [9.17, 15) is 24.9 Å². The number of carbonyl (C=O) groups excluding carboxylic acids is 3. The van der Waals surface area contributed by atoms with Gasteiger partial charge in [-0.3, -0.25) is 9.59 Å². The lowest BCUT2D eigenvalue weighted by Gasteiger charge is -2.43. The third kappa shape index (κ3) is 9.50. The van der Waals surface area contributed by atoms with Gasteiger partial charge in [0, 0.05) is 6.61 Å². The Hall–Kier alpha value is -4.09. The Morgan fingerprint density at radius 1 is 0.979 bits per heavy atom. The van der Waals surface area contributed by atoms with Crippen LogP contribution in [0.25, 0.3) is 10.8 Å². The van der Waals surface area contributed by atoms with Crippen LogP contribution in [0.2, 0.25) is 0 Å². The number of aliphatic hydroxyl groups excluding tert-OH is 3. The maximum Gasteiger partial charge on any atom is 0.418 e. The largest absolute Gasteiger partial charge is 0.444 e. The highest BCUT2D eigenvalue weighted by Gasteiger charge is 2.53. The lowest BCUT2D eigenvalue weighted by atomic mass is 9.79. The number of unbranched alkanes of at least 4 members (excludes halogenated alkanes) is 1. The van der Waals surface area contributed by atoms with E-state index in [1.54, 1.807) is 36.4 Å². The molecule has 3 rings (SSSR count). The van der Waals surface area contributed by atoms with Gasteiger partial charge in [0.25, 0.3) is 5.91 Å². The van der Waals surface area contributed by atoms with E-state index in [-0.39, 0.29) is 38.6 Å². The van der Waals surface area contributed by atoms with Crippen molar-refractivity contribution in [1.29, 1.82) is 0 Å². The van der Waals surface area contributed by atoms with E-state index < -0.39 is 41.6 Å². The zero-order chi connectivity index (χ0) is 35.3. The summed E-state index contributed by atoms with van der Waals surface area (Å²) in [7, 11) is 0. The fraction of sp³-hybridized carbons (Fsp3) is 0.447. The van der Waals surface area contributed by atoms with Crippen molar-refractivity contribution < 1.29 is 34.4 Å². The van der Waals surface area contributed by atoms with Crippen LogP contribution < -0.4 is 11.1 Å². The molecule has 3 aromatic rings. The Bertz CT molecular complexity index is 1520. The van der Waals surface area contributed by atoms with Crippen molar-refractivity contribution >= 4 is 28.7 Å². The van der Waals surface area contributed by atoms with Gasteiger partial charge in [-0.1, -0.05) is 112 Å². The summed E-state index contributed by atoms with van der Waals surface area (Å²) in [5, 5.41) is 35.1.